The van der Waals surface area contributed by atoms with E-state index < -0.39 is 5.82 Å². The lowest BCUT2D eigenvalue weighted by atomic mass is 10.0. The van der Waals surface area contributed by atoms with Crippen LogP contribution in [0.5, 0.6) is 0 Å². The summed E-state index contributed by atoms with van der Waals surface area (Å²) in [7, 11) is 0. The van der Waals surface area contributed by atoms with Crippen LogP contribution >= 0.6 is 11.6 Å². The first kappa shape index (κ1) is 13.9. The quantitative estimate of drug-likeness (QED) is 0.920. The summed E-state index contributed by atoms with van der Waals surface area (Å²) >= 11 is 5.75. The zero-order chi connectivity index (χ0) is 15.0. The largest absolute Gasteiger partial charge is 0.369 e. The van der Waals surface area contributed by atoms with Gasteiger partial charge in [-0.15, -0.1) is 0 Å². The van der Waals surface area contributed by atoms with Gasteiger partial charge in [-0.3, -0.25) is 4.99 Å². The monoisotopic (exact) mass is 303 g/mol. The number of para-hydroxylation sites is 1. The molecule has 0 radical (unpaired) electrons. The number of guanidine groups is 1. The van der Waals surface area contributed by atoms with Crippen molar-refractivity contribution in [3.63, 3.8) is 0 Å². The van der Waals surface area contributed by atoms with Gasteiger partial charge in [-0.1, -0.05) is 35.9 Å². The number of benzene rings is 2. The summed E-state index contributed by atoms with van der Waals surface area (Å²) in [6.45, 7) is 2.52. The van der Waals surface area contributed by atoms with E-state index in [1.54, 1.807) is 6.07 Å². The molecule has 0 amide bonds. The van der Waals surface area contributed by atoms with E-state index in [9.17, 15) is 4.39 Å². The van der Waals surface area contributed by atoms with Gasteiger partial charge in [0.1, 0.15) is 5.82 Å². The van der Waals surface area contributed by atoms with Crippen LogP contribution in [0, 0.1) is 12.7 Å². The molecule has 0 bridgehead atoms. The third-order valence-electron chi connectivity index (χ3n) is 3.69. The van der Waals surface area contributed by atoms with Gasteiger partial charge < -0.3 is 10.6 Å². The Hall–Kier alpha value is -2.07. The van der Waals surface area contributed by atoms with Gasteiger partial charge in [0.2, 0.25) is 0 Å². The number of aryl methyl sites for hydroxylation is 1. The number of rotatable bonds is 2. The summed E-state index contributed by atoms with van der Waals surface area (Å²) in [5.41, 5.74) is 8.92. The SMILES string of the molecule is Cc1ccccc1N1C(N)=NCC1c1ccc(Cl)c(F)c1. The van der Waals surface area contributed by atoms with E-state index in [1.807, 2.05) is 42.2 Å². The van der Waals surface area contributed by atoms with Crippen molar-refractivity contribution in [3.8, 4) is 0 Å². The maximum absolute atomic E-state index is 13.7. The minimum atomic E-state index is -0.427. The van der Waals surface area contributed by atoms with E-state index >= 15 is 0 Å². The Balaban J connectivity index is 2.03. The molecule has 0 aliphatic carbocycles. The Morgan fingerprint density at radius 2 is 2.05 bits per heavy atom. The highest BCUT2D eigenvalue weighted by atomic mass is 35.5. The maximum Gasteiger partial charge on any atom is 0.196 e. The Morgan fingerprint density at radius 3 is 2.76 bits per heavy atom. The summed E-state index contributed by atoms with van der Waals surface area (Å²) in [4.78, 5) is 6.25. The summed E-state index contributed by atoms with van der Waals surface area (Å²) < 4.78 is 13.7. The second kappa shape index (κ2) is 5.37. The van der Waals surface area contributed by atoms with E-state index in [1.165, 1.54) is 6.07 Å². The third-order valence-corrected chi connectivity index (χ3v) is 3.99. The van der Waals surface area contributed by atoms with Gasteiger partial charge in [-0.05, 0) is 36.2 Å². The van der Waals surface area contributed by atoms with Crippen molar-refractivity contribution in [2.24, 2.45) is 10.7 Å². The van der Waals surface area contributed by atoms with Crippen LogP contribution in [0.15, 0.2) is 47.5 Å². The number of hydrogen-bond donors (Lipinski definition) is 1. The predicted molar refractivity (Wildman–Crippen MR) is 84.3 cm³/mol. The van der Waals surface area contributed by atoms with Crippen molar-refractivity contribution < 1.29 is 4.39 Å². The fourth-order valence-electron chi connectivity index (χ4n) is 2.60. The molecule has 0 aromatic heterocycles. The van der Waals surface area contributed by atoms with Crippen LogP contribution in [-0.4, -0.2) is 12.5 Å². The average molecular weight is 304 g/mol. The highest BCUT2D eigenvalue weighted by molar-refractivity contribution is 6.30. The van der Waals surface area contributed by atoms with Gasteiger partial charge in [0, 0.05) is 5.69 Å². The lowest BCUT2D eigenvalue weighted by molar-refractivity contribution is 0.622. The summed E-state index contributed by atoms with van der Waals surface area (Å²) in [6, 6.07) is 12.6. The zero-order valence-corrected chi connectivity index (χ0v) is 12.3. The summed E-state index contributed by atoms with van der Waals surface area (Å²) in [6.07, 6.45) is 0. The standard InChI is InChI=1S/C16H15ClFN3/c1-10-4-2-3-5-14(10)21-15(9-20-16(21)19)11-6-7-12(17)13(18)8-11/h2-8,15H,9H2,1H3,(H2,19,20). The molecule has 2 N–H and O–H groups in total. The van der Waals surface area contributed by atoms with Crippen LogP contribution < -0.4 is 10.6 Å². The Kier molecular flexibility index (Phi) is 3.55. The van der Waals surface area contributed by atoms with E-state index in [0.29, 0.717) is 12.5 Å². The number of aliphatic imine (C=N–C) groups is 1. The first-order chi connectivity index (χ1) is 10.1. The molecular formula is C16H15ClFN3. The molecule has 1 aliphatic heterocycles. The molecule has 5 heteroatoms. The number of hydrogen-bond acceptors (Lipinski definition) is 3. The van der Waals surface area contributed by atoms with Crippen molar-refractivity contribution in [2.75, 3.05) is 11.4 Å². The Morgan fingerprint density at radius 1 is 1.29 bits per heavy atom. The molecule has 108 valence electrons. The van der Waals surface area contributed by atoms with Crippen LogP contribution in [-0.2, 0) is 0 Å². The van der Waals surface area contributed by atoms with E-state index in [2.05, 4.69) is 4.99 Å². The normalized spacial score (nSPS) is 18.0. The molecule has 2 aromatic carbocycles. The molecule has 3 nitrogen and oxygen atoms in total. The summed E-state index contributed by atoms with van der Waals surface area (Å²) in [5.74, 6) is 0.0222. The van der Waals surface area contributed by atoms with Gasteiger partial charge in [-0.2, -0.15) is 0 Å². The molecular weight excluding hydrogens is 289 g/mol. The molecule has 1 unspecified atom stereocenters. The zero-order valence-electron chi connectivity index (χ0n) is 11.6. The van der Waals surface area contributed by atoms with Gasteiger partial charge in [0.15, 0.2) is 5.96 Å². The van der Waals surface area contributed by atoms with Gasteiger partial charge in [0.25, 0.3) is 0 Å². The van der Waals surface area contributed by atoms with Crippen LogP contribution in [0.3, 0.4) is 0 Å². The molecule has 2 aromatic rings. The average Bonchev–Trinajstić information content (AvgIpc) is 2.84. The van der Waals surface area contributed by atoms with Crippen LogP contribution in [0.1, 0.15) is 17.2 Å². The second-order valence-electron chi connectivity index (χ2n) is 5.04. The molecule has 1 atom stereocenters. The van der Waals surface area contributed by atoms with E-state index in [-0.39, 0.29) is 11.1 Å². The smallest absolute Gasteiger partial charge is 0.196 e. The number of halogens is 2. The highest BCUT2D eigenvalue weighted by Gasteiger charge is 2.30. The highest BCUT2D eigenvalue weighted by Crippen LogP contribution is 2.33. The van der Waals surface area contributed by atoms with E-state index in [0.717, 1.165) is 16.8 Å². The molecule has 0 spiro atoms. The third kappa shape index (κ3) is 2.47. The second-order valence-corrected chi connectivity index (χ2v) is 5.45. The predicted octanol–water partition coefficient (Wildman–Crippen LogP) is 3.66. The van der Waals surface area contributed by atoms with Gasteiger partial charge in [0.05, 0.1) is 17.6 Å². The minimum absolute atomic E-state index is 0.113. The van der Waals surface area contributed by atoms with Gasteiger partial charge >= 0.3 is 0 Å². The molecule has 3 rings (SSSR count). The molecule has 0 saturated heterocycles. The van der Waals surface area contributed by atoms with Crippen molar-refractivity contribution in [2.45, 2.75) is 13.0 Å². The molecule has 0 saturated carbocycles. The first-order valence-corrected chi connectivity index (χ1v) is 7.05. The molecule has 1 heterocycles. The van der Waals surface area contributed by atoms with Crippen molar-refractivity contribution in [1.82, 2.24) is 0 Å². The van der Waals surface area contributed by atoms with Crippen LogP contribution in [0.4, 0.5) is 10.1 Å². The van der Waals surface area contributed by atoms with Crippen molar-refractivity contribution in [1.29, 1.82) is 0 Å². The summed E-state index contributed by atoms with van der Waals surface area (Å²) in [5, 5.41) is 0.119. The first-order valence-electron chi connectivity index (χ1n) is 6.67. The molecule has 0 fully saturated rings. The van der Waals surface area contributed by atoms with Crippen molar-refractivity contribution >= 4 is 23.2 Å². The van der Waals surface area contributed by atoms with Crippen LogP contribution in [0.25, 0.3) is 0 Å². The van der Waals surface area contributed by atoms with Crippen molar-refractivity contribution in [3.05, 3.63) is 64.4 Å². The topological polar surface area (TPSA) is 41.6 Å². The van der Waals surface area contributed by atoms with Gasteiger partial charge in [-0.25, -0.2) is 4.39 Å². The van der Waals surface area contributed by atoms with Crippen LogP contribution in [0.2, 0.25) is 5.02 Å². The number of nitrogens with two attached hydrogens (primary N) is 1. The lowest BCUT2D eigenvalue weighted by Gasteiger charge is -2.28. The van der Waals surface area contributed by atoms with E-state index in [4.69, 9.17) is 17.3 Å². The number of nitrogens with zero attached hydrogens (tertiary/aromatic N) is 2. The number of anilines is 1. The lowest BCUT2D eigenvalue weighted by Crippen LogP contribution is -2.36. The Bertz CT molecular complexity index is 714. The molecule has 21 heavy (non-hydrogen) atoms. The minimum Gasteiger partial charge on any atom is -0.369 e. The Labute approximate surface area is 127 Å². The maximum atomic E-state index is 13.7. The fourth-order valence-corrected chi connectivity index (χ4v) is 2.71. The fraction of sp³-hybridized carbons (Fsp3) is 0.188. The molecule has 1 aliphatic rings.